The molecule has 0 radical (unpaired) electrons. The molecule has 2 aromatic carbocycles. The number of pyridine rings is 1. The van der Waals surface area contributed by atoms with Gasteiger partial charge in [0.2, 0.25) is 0 Å². The SMILES string of the molecule is Cc1cccc(NC(=S)/C(=C(/O)c2ccc3c(c2)OCCO3)[n+]2cccc(C)c2)c1. The van der Waals surface area contributed by atoms with Gasteiger partial charge in [-0.05, 0) is 55.8 Å². The maximum absolute atomic E-state index is 11.3. The van der Waals surface area contributed by atoms with Crippen LogP contribution in [0.25, 0.3) is 11.5 Å². The van der Waals surface area contributed by atoms with Gasteiger partial charge in [0.1, 0.15) is 13.2 Å². The number of hydrogen-bond acceptors (Lipinski definition) is 4. The molecule has 5 nitrogen and oxygen atoms in total. The number of ether oxygens (including phenoxy) is 2. The largest absolute Gasteiger partial charge is 0.502 e. The quantitative estimate of drug-likeness (QED) is 0.278. The maximum Gasteiger partial charge on any atom is 0.288 e. The topological polar surface area (TPSA) is 54.6 Å². The molecule has 2 heterocycles. The standard InChI is InChI=1S/C24H22N2O3S/c1-16-5-3-7-19(13-16)25-24(30)22(26-10-4-6-17(2)15-26)23(27)18-8-9-20-21(14-18)29-12-11-28-20/h3-10,13-15H,11-12H2,1-2H3,(H-,25,27,30)/p+1. The van der Waals surface area contributed by atoms with Gasteiger partial charge in [-0.3, -0.25) is 0 Å². The highest BCUT2D eigenvalue weighted by Gasteiger charge is 2.25. The number of aliphatic hydroxyl groups excluding tert-OH is 1. The summed E-state index contributed by atoms with van der Waals surface area (Å²) >= 11 is 5.72. The molecule has 3 aromatic rings. The third kappa shape index (κ3) is 4.28. The maximum atomic E-state index is 11.3. The van der Waals surface area contributed by atoms with Crippen LogP contribution in [-0.4, -0.2) is 23.3 Å². The smallest absolute Gasteiger partial charge is 0.288 e. The molecule has 1 aliphatic rings. The summed E-state index contributed by atoms with van der Waals surface area (Å²) in [5, 5.41) is 14.5. The van der Waals surface area contributed by atoms with E-state index in [4.69, 9.17) is 21.7 Å². The number of nitrogens with zero attached hydrogens (tertiary/aromatic N) is 1. The third-order valence-electron chi connectivity index (χ3n) is 4.74. The first-order chi connectivity index (χ1) is 14.5. The highest BCUT2D eigenvalue weighted by Crippen LogP contribution is 2.33. The first kappa shape index (κ1) is 19.9. The summed E-state index contributed by atoms with van der Waals surface area (Å²) in [6.45, 7) is 5.01. The molecule has 1 aromatic heterocycles. The fraction of sp³-hybridized carbons (Fsp3) is 0.167. The highest BCUT2D eigenvalue weighted by molar-refractivity contribution is 7.81. The minimum Gasteiger partial charge on any atom is -0.502 e. The first-order valence-corrected chi connectivity index (χ1v) is 10.1. The first-order valence-electron chi connectivity index (χ1n) is 9.71. The monoisotopic (exact) mass is 419 g/mol. The lowest BCUT2D eigenvalue weighted by Gasteiger charge is -2.19. The molecule has 0 atom stereocenters. The predicted molar refractivity (Wildman–Crippen MR) is 122 cm³/mol. The second-order valence-electron chi connectivity index (χ2n) is 7.17. The van der Waals surface area contributed by atoms with Crippen LogP contribution in [0, 0.1) is 13.8 Å². The van der Waals surface area contributed by atoms with Crippen molar-refractivity contribution in [1.29, 1.82) is 0 Å². The number of fused-ring (bicyclic) bond motifs is 1. The van der Waals surface area contributed by atoms with Crippen LogP contribution in [0.1, 0.15) is 16.7 Å². The lowest BCUT2D eigenvalue weighted by atomic mass is 10.1. The molecule has 0 saturated heterocycles. The van der Waals surface area contributed by atoms with E-state index < -0.39 is 0 Å². The van der Waals surface area contributed by atoms with Gasteiger partial charge in [-0.15, -0.1) is 0 Å². The van der Waals surface area contributed by atoms with Crippen LogP contribution in [0.3, 0.4) is 0 Å². The number of hydrogen-bond donors (Lipinski definition) is 2. The van der Waals surface area contributed by atoms with Gasteiger partial charge in [0, 0.05) is 22.9 Å². The van der Waals surface area contributed by atoms with E-state index in [1.807, 2.05) is 67.2 Å². The van der Waals surface area contributed by atoms with E-state index in [1.165, 1.54) is 0 Å². The molecule has 1 aliphatic heterocycles. The van der Waals surface area contributed by atoms with Crippen molar-refractivity contribution < 1.29 is 19.1 Å². The molecule has 0 unspecified atom stereocenters. The fourth-order valence-corrected chi connectivity index (χ4v) is 3.64. The normalized spacial score (nSPS) is 13.4. The van der Waals surface area contributed by atoms with Crippen LogP contribution in [0.5, 0.6) is 11.5 Å². The van der Waals surface area contributed by atoms with Gasteiger partial charge >= 0.3 is 0 Å². The molecule has 0 aliphatic carbocycles. The number of rotatable bonds is 4. The van der Waals surface area contributed by atoms with Crippen molar-refractivity contribution in [2.24, 2.45) is 0 Å². The van der Waals surface area contributed by atoms with Gasteiger partial charge in [0.15, 0.2) is 34.6 Å². The van der Waals surface area contributed by atoms with E-state index in [2.05, 4.69) is 5.32 Å². The Kier molecular flexibility index (Phi) is 5.68. The van der Waals surface area contributed by atoms with Crippen molar-refractivity contribution in [3.05, 3.63) is 83.7 Å². The van der Waals surface area contributed by atoms with Crippen LogP contribution in [0.15, 0.2) is 67.0 Å². The minimum absolute atomic E-state index is 0.0488. The second-order valence-corrected chi connectivity index (χ2v) is 7.58. The zero-order valence-electron chi connectivity index (χ0n) is 16.9. The van der Waals surface area contributed by atoms with E-state index >= 15 is 0 Å². The lowest BCUT2D eigenvalue weighted by Crippen LogP contribution is -2.38. The van der Waals surface area contributed by atoms with Crippen molar-refractivity contribution in [3.8, 4) is 11.5 Å². The third-order valence-corrected chi connectivity index (χ3v) is 5.03. The van der Waals surface area contributed by atoms with Gasteiger partial charge in [-0.2, -0.15) is 4.57 Å². The molecule has 0 amide bonds. The molecule has 4 rings (SSSR count). The van der Waals surface area contributed by atoms with Crippen LogP contribution in [-0.2, 0) is 0 Å². The van der Waals surface area contributed by atoms with Crippen molar-refractivity contribution in [3.63, 3.8) is 0 Å². The van der Waals surface area contributed by atoms with Crippen LogP contribution < -0.4 is 19.4 Å². The molecular formula is C24H23N2O3S+. The van der Waals surface area contributed by atoms with Gasteiger partial charge in [0.25, 0.3) is 5.70 Å². The van der Waals surface area contributed by atoms with Gasteiger partial charge in [0.05, 0.1) is 0 Å². The molecule has 0 fully saturated rings. The number of anilines is 1. The number of nitrogens with one attached hydrogen (secondary N) is 1. The van der Waals surface area contributed by atoms with E-state index in [1.54, 1.807) is 18.2 Å². The Morgan fingerprint density at radius 1 is 0.967 bits per heavy atom. The van der Waals surface area contributed by atoms with Crippen molar-refractivity contribution >= 4 is 34.3 Å². The fourth-order valence-electron chi connectivity index (χ4n) is 3.32. The number of benzene rings is 2. The molecule has 2 N–H and O–H groups in total. The summed E-state index contributed by atoms with van der Waals surface area (Å²) in [6.07, 6.45) is 3.79. The molecule has 0 spiro atoms. The van der Waals surface area contributed by atoms with Gasteiger partial charge in [-0.1, -0.05) is 24.4 Å². The lowest BCUT2D eigenvalue weighted by molar-refractivity contribution is -0.576. The predicted octanol–water partition coefficient (Wildman–Crippen LogP) is 4.69. The molecule has 0 saturated carbocycles. The van der Waals surface area contributed by atoms with Crippen LogP contribution in [0.2, 0.25) is 0 Å². The number of aliphatic hydroxyl groups is 1. The van der Waals surface area contributed by atoms with Crippen molar-refractivity contribution in [1.82, 2.24) is 0 Å². The molecule has 0 bridgehead atoms. The molecule has 152 valence electrons. The zero-order chi connectivity index (χ0) is 21.1. The highest BCUT2D eigenvalue weighted by atomic mass is 32.1. The Balaban J connectivity index is 1.79. The van der Waals surface area contributed by atoms with E-state index in [0.29, 0.717) is 41.0 Å². The van der Waals surface area contributed by atoms with Gasteiger partial charge < -0.3 is 19.9 Å². The van der Waals surface area contributed by atoms with Gasteiger partial charge in [-0.25, -0.2) is 0 Å². The zero-order valence-corrected chi connectivity index (χ0v) is 17.7. The molecule has 30 heavy (non-hydrogen) atoms. The Morgan fingerprint density at radius 3 is 2.50 bits per heavy atom. The number of aromatic nitrogens is 1. The summed E-state index contributed by atoms with van der Waals surface area (Å²) in [6, 6.07) is 17.2. The Bertz CT molecular complexity index is 1140. The number of aryl methyl sites for hydroxylation is 2. The average Bonchev–Trinajstić information content (AvgIpc) is 2.73. The summed E-state index contributed by atoms with van der Waals surface area (Å²) in [5.41, 5.74) is 4.10. The molecular weight excluding hydrogens is 396 g/mol. The summed E-state index contributed by atoms with van der Waals surface area (Å²) in [4.78, 5) is 0.406. The Labute approximate surface area is 181 Å². The summed E-state index contributed by atoms with van der Waals surface area (Å²) < 4.78 is 13.1. The summed E-state index contributed by atoms with van der Waals surface area (Å²) in [5.74, 6) is 1.33. The Morgan fingerprint density at radius 2 is 1.73 bits per heavy atom. The van der Waals surface area contributed by atoms with Crippen molar-refractivity contribution in [2.45, 2.75) is 13.8 Å². The summed E-state index contributed by atoms with van der Waals surface area (Å²) in [7, 11) is 0. The Hall–Kier alpha value is -3.38. The molecule has 6 heteroatoms. The van der Waals surface area contributed by atoms with Crippen LogP contribution >= 0.6 is 12.2 Å². The van der Waals surface area contributed by atoms with E-state index in [-0.39, 0.29) is 5.76 Å². The van der Waals surface area contributed by atoms with Crippen molar-refractivity contribution in [2.75, 3.05) is 18.5 Å². The van der Waals surface area contributed by atoms with Crippen LogP contribution in [0.4, 0.5) is 5.69 Å². The van der Waals surface area contributed by atoms with E-state index in [9.17, 15) is 5.11 Å². The average molecular weight is 420 g/mol. The second kappa shape index (κ2) is 8.55. The van der Waals surface area contributed by atoms with E-state index in [0.717, 1.165) is 16.8 Å². The minimum atomic E-state index is 0.0488. The number of thiocarbonyl (C=S) groups is 1.